The molecule has 0 spiro atoms. The highest BCUT2D eigenvalue weighted by molar-refractivity contribution is 5.27. The zero-order valence-corrected chi connectivity index (χ0v) is 11.6. The Bertz CT molecular complexity index is 795. The number of benzene rings is 1. The van der Waals surface area contributed by atoms with E-state index in [1.807, 2.05) is 36.4 Å². The van der Waals surface area contributed by atoms with Gasteiger partial charge < -0.3 is 4.74 Å². The minimum Gasteiger partial charge on any atom is -0.497 e. The fourth-order valence-corrected chi connectivity index (χ4v) is 3.19. The normalized spacial score (nSPS) is 21.8. The molecule has 2 atom stereocenters. The van der Waals surface area contributed by atoms with Gasteiger partial charge in [0.25, 0.3) is 0 Å². The van der Waals surface area contributed by atoms with Crippen molar-refractivity contribution in [3.8, 4) is 5.75 Å². The van der Waals surface area contributed by atoms with Crippen LogP contribution in [0.3, 0.4) is 0 Å². The van der Waals surface area contributed by atoms with E-state index < -0.39 is 0 Å². The third-order valence-corrected chi connectivity index (χ3v) is 4.25. The lowest BCUT2D eigenvalue weighted by Gasteiger charge is -2.07. The van der Waals surface area contributed by atoms with Crippen LogP contribution in [0.25, 0.3) is 0 Å². The highest BCUT2D eigenvalue weighted by Crippen LogP contribution is 2.35. The topological polar surface area (TPSA) is 58.2 Å². The molecule has 0 amide bonds. The number of nitrogens with zero attached hydrogens (tertiary/aromatic N) is 3. The minimum absolute atomic E-state index is 0.0346. The largest absolute Gasteiger partial charge is 0.497 e. The summed E-state index contributed by atoms with van der Waals surface area (Å²) < 4.78 is 9.57. The van der Waals surface area contributed by atoms with E-state index in [0.717, 1.165) is 17.7 Å². The molecule has 2 unspecified atom stereocenters. The van der Waals surface area contributed by atoms with Gasteiger partial charge in [-0.05, 0) is 24.1 Å². The van der Waals surface area contributed by atoms with Crippen LogP contribution in [0.2, 0.25) is 0 Å². The number of allylic oxidation sites excluding steroid dienone is 2. The van der Waals surface area contributed by atoms with Crippen molar-refractivity contribution in [3.05, 3.63) is 62.9 Å². The molecule has 2 aromatic rings. The van der Waals surface area contributed by atoms with E-state index in [4.69, 9.17) is 4.74 Å². The lowest BCUT2D eigenvalue weighted by molar-refractivity contribution is 0.414. The number of fused-ring (bicyclic) bond motifs is 5. The van der Waals surface area contributed by atoms with Gasteiger partial charge in [0.1, 0.15) is 5.75 Å². The number of aromatic nitrogens is 3. The van der Waals surface area contributed by atoms with Crippen molar-refractivity contribution in [1.82, 2.24) is 13.9 Å². The molecule has 0 saturated heterocycles. The van der Waals surface area contributed by atoms with Gasteiger partial charge in [0.2, 0.25) is 0 Å². The summed E-state index contributed by atoms with van der Waals surface area (Å²) >= 11 is 0. The number of methoxy groups -OCH3 is 1. The molecule has 0 N–H and O–H groups in total. The molecule has 6 heteroatoms. The molecule has 1 aromatic carbocycles. The van der Waals surface area contributed by atoms with Gasteiger partial charge >= 0.3 is 11.4 Å². The van der Waals surface area contributed by atoms with Crippen LogP contribution in [0.1, 0.15) is 24.1 Å². The summed E-state index contributed by atoms with van der Waals surface area (Å²) in [6, 6.07) is 7.45. The zero-order valence-electron chi connectivity index (χ0n) is 11.6. The van der Waals surface area contributed by atoms with E-state index >= 15 is 0 Å². The van der Waals surface area contributed by atoms with Crippen LogP contribution >= 0.6 is 0 Å². The fraction of sp³-hybridized carbons (Fsp3) is 0.333. The second-order valence-corrected chi connectivity index (χ2v) is 5.44. The Kier molecular flexibility index (Phi) is 2.48. The number of hydrogen-bond donors (Lipinski definition) is 0. The molecule has 0 fully saturated rings. The molecule has 108 valence electrons. The van der Waals surface area contributed by atoms with Crippen molar-refractivity contribution in [1.29, 1.82) is 0 Å². The van der Waals surface area contributed by atoms with Gasteiger partial charge in [-0.25, -0.2) is 23.5 Å². The molecule has 1 aliphatic heterocycles. The van der Waals surface area contributed by atoms with E-state index in [-0.39, 0.29) is 30.0 Å². The Hall–Kier alpha value is -2.50. The van der Waals surface area contributed by atoms with Gasteiger partial charge in [-0.1, -0.05) is 24.3 Å². The summed E-state index contributed by atoms with van der Waals surface area (Å²) in [5.74, 6) is 0.754. The first kappa shape index (κ1) is 12.3. The van der Waals surface area contributed by atoms with Crippen molar-refractivity contribution in [3.63, 3.8) is 0 Å². The molecule has 4 rings (SSSR count). The second-order valence-electron chi connectivity index (χ2n) is 5.44. The summed E-state index contributed by atoms with van der Waals surface area (Å²) in [7, 11) is 1.60. The Labute approximate surface area is 120 Å². The van der Waals surface area contributed by atoms with Crippen molar-refractivity contribution in [2.24, 2.45) is 0 Å². The first-order valence-corrected chi connectivity index (χ1v) is 6.94. The van der Waals surface area contributed by atoms with Crippen molar-refractivity contribution < 1.29 is 4.74 Å². The monoisotopic (exact) mass is 285 g/mol. The van der Waals surface area contributed by atoms with E-state index in [2.05, 4.69) is 0 Å². The SMILES string of the molecule is COc1ccc(Cn2c(=O)n3n(c2=O)C2C=CC3C2)cc1. The van der Waals surface area contributed by atoms with E-state index in [1.165, 1.54) is 4.57 Å². The highest BCUT2D eigenvalue weighted by atomic mass is 16.5. The van der Waals surface area contributed by atoms with Gasteiger partial charge in [-0.15, -0.1) is 0 Å². The summed E-state index contributed by atoms with van der Waals surface area (Å²) in [6.07, 6.45) is 4.83. The molecule has 1 aromatic heterocycles. The van der Waals surface area contributed by atoms with Crippen LogP contribution in [0, 0.1) is 0 Å². The molecule has 2 heterocycles. The van der Waals surface area contributed by atoms with E-state index in [1.54, 1.807) is 16.5 Å². The predicted molar refractivity (Wildman–Crippen MR) is 76.9 cm³/mol. The molecule has 21 heavy (non-hydrogen) atoms. The van der Waals surface area contributed by atoms with Gasteiger partial charge in [0, 0.05) is 0 Å². The molecule has 1 aliphatic carbocycles. The summed E-state index contributed by atoms with van der Waals surface area (Å²) in [5.41, 5.74) is 0.445. The lowest BCUT2D eigenvalue weighted by Crippen LogP contribution is -2.30. The van der Waals surface area contributed by atoms with Gasteiger partial charge in [-0.3, -0.25) is 0 Å². The Balaban J connectivity index is 1.74. The number of rotatable bonds is 3. The maximum absolute atomic E-state index is 12.4. The Morgan fingerprint density at radius 3 is 2.14 bits per heavy atom. The summed E-state index contributed by atoms with van der Waals surface area (Å²) in [6.45, 7) is 0.286. The van der Waals surface area contributed by atoms with Crippen molar-refractivity contribution >= 4 is 0 Å². The van der Waals surface area contributed by atoms with Crippen LogP contribution in [0.4, 0.5) is 0 Å². The second kappa shape index (κ2) is 4.25. The summed E-state index contributed by atoms with van der Waals surface area (Å²) in [5, 5.41) is 0. The van der Waals surface area contributed by atoms with Crippen molar-refractivity contribution in [2.75, 3.05) is 7.11 Å². The quantitative estimate of drug-likeness (QED) is 0.788. The Morgan fingerprint density at radius 2 is 1.62 bits per heavy atom. The van der Waals surface area contributed by atoms with Crippen molar-refractivity contribution in [2.45, 2.75) is 25.0 Å². The first-order chi connectivity index (χ1) is 10.2. The molecule has 0 radical (unpaired) electrons. The molecular weight excluding hydrogens is 270 g/mol. The fourth-order valence-electron chi connectivity index (χ4n) is 3.19. The third kappa shape index (κ3) is 1.65. The van der Waals surface area contributed by atoms with Crippen LogP contribution in [0.5, 0.6) is 5.75 Å². The smallest absolute Gasteiger partial charge is 0.348 e. The van der Waals surface area contributed by atoms with Crippen LogP contribution in [0.15, 0.2) is 46.0 Å². The Morgan fingerprint density at radius 1 is 1.05 bits per heavy atom. The molecule has 2 aliphatic rings. The van der Waals surface area contributed by atoms with Gasteiger partial charge in [-0.2, -0.15) is 0 Å². The molecular formula is C15H15N3O3. The van der Waals surface area contributed by atoms with E-state index in [0.29, 0.717) is 0 Å². The number of hydrogen-bond acceptors (Lipinski definition) is 3. The third-order valence-electron chi connectivity index (χ3n) is 4.25. The van der Waals surface area contributed by atoms with Gasteiger partial charge in [0.05, 0.1) is 25.7 Å². The zero-order chi connectivity index (χ0) is 14.6. The number of ether oxygens (including phenoxy) is 1. The standard InChI is InChI=1S/C15H15N3O3/c1-21-13-6-2-10(3-7-13)9-16-14(19)17-11-4-5-12(8-11)18(17)15(16)20/h2-7,11-12H,8-9H2,1H3. The molecule has 2 bridgehead atoms. The summed E-state index contributed by atoms with van der Waals surface area (Å²) in [4.78, 5) is 24.9. The lowest BCUT2D eigenvalue weighted by atomic mass is 10.2. The highest BCUT2D eigenvalue weighted by Gasteiger charge is 2.36. The maximum atomic E-state index is 12.4. The van der Waals surface area contributed by atoms with E-state index in [9.17, 15) is 9.59 Å². The van der Waals surface area contributed by atoms with Gasteiger partial charge in [0.15, 0.2) is 0 Å². The van der Waals surface area contributed by atoms with Crippen LogP contribution in [-0.2, 0) is 6.54 Å². The van der Waals surface area contributed by atoms with Crippen LogP contribution < -0.4 is 16.1 Å². The maximum Gasteiger partial charge on any atom is 0.348 e. The average molecular weight is 285 g/mol. The molecule has 6 nitrogen and oxygen atoms in total. The molecule has 0 saturated carbocycles. The van der Waals surface area contributed by atoms with Crippen LogP contribution in [-0.4, -0.2) is 21.0 Å². The first-order valence-electron chi connectivity index (χ1n) is 6.94. The minimum atomic E-state index is -0.229. The predicted octanol–water partition coefficient (Wildman–Crippen LogP) is 0.924. The average Bonchev–Trinajstić information content (AvgIpc) is 3.18.